The number of para-hydroxylation sites is 1. The van der Waals surface area contributed by atoms with E-state index >= 15 is 0 Å². The van der Waals surface area contributed by atoms with Gasteiger partial charge in [0.1, 0.15) is 4.83 Å². The van der Waals surface area contributed by atoms with E-state index in [1.165, 1.54) is 11.3 Å². The van der Waals surface area contributed by atoms with E-state index in [1.54, 1.807) is 0 Å². The zero-order valence-corrected chi connectivity index (χ0v) is 18.7. The number of nitrogens with zero attached hydrogens (tertiary/aromatic N) is 2. The summed E-state index contributed by atoms with van der Waals surface area (Å²) in [7, 11) is 0. The number of rotatable bonds is 7. The van der Waals surface area contributed by atoms with Crippen LogP contribution in [0.25, 0.3) is 15.9 Å². The van der Waals surface area contributed by atoms with Crippen LogP contribution in [0.5, 0.6) is 0 Å². The molecule has 0 atom stereocenters. The molecule has 3 aromatic rings. The SMILES string of the molecule is Cc1nn(-c2ccccc2)c2sc(C(=O)NC3CCC(NC(=O)CCC(=O)O)CC3)cc12. The van der Waals surface area contributed by atoms with Crippen molar-refractivity contribution in [2.24, 2.45) is 0 Å². The highest BCUT2D eigenvalue weighted by Gasteiger charge is 2.25. The molecule has 0 bridgehead atoms. The molecule has 0 saturated heterocycles. The maximum Gasteiger partial charge on any atom is 0.303 e. The minimum Gasteiger partial charge on any atom is -0.481 e. The van der Waals surface area contributed by atoms with Gasteiger partial charge < -0.3 is 15.7 Å². The van der Waals surface area contributed by atoms with Crippen LogP contribution in [-0.2, 0) is 9.59 Å². The lowest BCUT2D eigenvalue weighted by Gasteiger charge is -2.29. The van der Waals surface area contributed by atoms with Gasteiger partial charge in [0.15, 0.2) is 0 Å². The summed E-state index contributed by atoms with van der Waals surface area (Å²) in [6.07, 6.45) is 2.91. The van der Waals surface area contributed by atoms with Crippen LogP contribution in [0.1, 0.15) is 53.9 Å². The Kier molecular flexibility index (Phi) is 6.55. The van der Waals surface area contributed by atoms with Crippen molar-refractivity contribution in [2.45, 2.75) is 57.5 Å². The van der Waals surface area contributed by atoms with Crippen molar-refractivity contribution >= 4 is 39.3 Å². The summed E-state index contributed by atoms with van der Waals surface area (Å²) in [5, 5.41) is 20.3. The molecule has 0 spiro atoms. The van der Waals surface area contributed by atoms with Crippen molar-refractivity contribution < 1.29 is 19.5 Å². The van der Waals surface area contributed by atoms with Gasteiger partial charge in [-0.25, -0.2) is 4.68 Å². The predicted molar refractivity (Wildman–Crippen MR) is 122 cm³/mol. The van der Waals surface area contributed by atoms with Crippen molar-refractivity contribution in [3.8, 4) is 5.69 Å². The Bertz CT molecular complexity index is 1130. The number of aromatic nitrogens is 2. The van der Waals surface area contributed by atoms with Gasteiger partial charge >= 0.3 is 5.97 Å². The number of carbonyl (C=O) groups is 3. The predicted octanol–water partition coefficient (Wildman–Crippen LogP) is 3.42. The summed E-state index contributed by atoms with van der Waals surface area (Å²) in [4.78, 5) is 36.9. The van der Waals surface area contributed by atoms with Crippen LogP contribution in [0.2, 0.25) is 0 Å². The highest BCUT2D eigenvalue weighted by molar-refractivity contribution is 7.20. The van der Waals surface area contributed by atoms with E-state index in [0.717, 1.165) is 47.3 Å². The van der Waals surface area contributed by atoms with Crippen LogP contribution in [0.3, 0.4) is 0 Å². The zero-order chi connectivity index (χ0) is 22.7. The molecule has 32 heavy (non-hydrogen) atoms. The lowest BCUT2D eigenvalue weighted by molar-refractivity contribution is -0.139. The van der Waals surface area contributed by atoms with Crippen LogP contribution in [-0.4, -0.2) is 44.8 Å². The molecule has 1 aliphatic rings. The highest BCUT2D eigenvalue weighted by atomic mass is 32.1. The van der Waals surface area contributed by atoms with Gasteiger partial charge in [-0.2, -0.15) is 5.10 Å². The maximum absolute atomic E-state index is 12.9. The molecule has 1 aromatic carbocycles. The summed E-state index contributed by atoms with van der Waals surface area (Å²) in [6, 6.07) is 11.9. The number of amides is 2. The van der Waals surface area contributed by atoms with E-state index in [2.05, 4.69) is 15.7 Å². The van der Waals surface area contributed by atoms with E-state index in [9.17, 15) is 14.4 Å². The number of benzene rings is 1. The van der Waals surface area contributed by atoms with E-state index in [4.69, 9.17) is 5.11 Å². The first-order chi connectivity index (χ1) is 15.4. The van der Waals surface area contributed by atoms with Gasteiger partial charge in [0.25, 0.3) is 5.91 Å². The van der Waals surface area contributed by atoms with E-state index in [-0.39, 0.29) is 36.7 Å². The standard InChI is InChI=1S/C23H26N4O4S/c1-14-18-13-19(32-23(18)27(26-14)17-5-3-2-4-6-17)22(31)25-16-9-7-15(8-10-16)24-20(28)11-12-21(29)30/h2-6,13,15-16H,7-12H2,1H3,(H,24,28)(H,25,31)(H,29,30). The Balaban J connectivity index is 1.35. The number of thiophene rings is 1. The Labute approximate surface area is 189 Å². The van der Waals surface area contributed by atoms with E-state index in [1.807, 2.05) is 48.0 Å². The summed E-state index contributed by atoms with van der Waals surface area (Å²) in [5.74, 6) is -1.29. The molecule has 2 aromatic heterocycles. The summed E-state index contributed by atoms with van der Waals surface area (Å²) >= 11 is 1.44. The van der Waals surface area contributed by atoms with Gasteiger partial charge in [0.05, 0.1) is 22.7 Å². The van der Waals surface area contributed by atoms with Gasteiger partial charge in [0.2, 0.25) is 5.91 Å². The average Bonchev–Trinajstić information content (AvgIpc) is 3.35. The molecule has 1 aliphatic carbocycles. The summed E-state index contributed by atoms with van der Waals surface area (Å²) in [5.41, 5.74) is 1.85. The Hall–Kier alpha value is -3.20. The molecular formula is C23H26N4O4S. The highest BCUT2D eigenvalue weighted by Crippen LogP contribution is 2.30. The number of carbonyl (C=O) groups excluding carboxylic acids is 2. The quantitative estimate of drug-likeness (QED) is 0.506. The van der Waals surface area contributed by atoms with Crippen molar-refractivity contribution in [3.63, 3.8) is 0 Å². The van der Waals surface area contributed by atoms with Crippen molar-refractivity contribution in [2.75, 3.05) is 0 Å². The van der Waals surface area contributed by atoms with E-state index in [0.29, 0.717) is 4.88 Å². The third-order valence-corrected chi connectivity index (χ3v) is 6.87. The molecule has 0 unspecified atom stereocenters. The van der Waals surface area contributed by atoms with Gasteiger partial charge in [0, 0.05) is 23.9 Å². The molecule has 0 radical (unpaired) electrons. The minimum absolute atomic E-state index is 0.00222. The molecular weight excluding hydrogens is 428 g/mol. The lowest BCUT2D eigenvalue weighted by Crippen LogP contribution is -2.43. The second-order valence-corrected chi connectivity index (χ2v) is 9.18. The topological polar surface area (TPSA) is 113 Å². The Morgan fingerprint density at radius 1 is 1.06 bits per heavy atom. The first kappa shape index (κ1) is 22.0. The lowest BCUT2D eigenvalue weighted by atomic mass is 9.91. The maximum atomic E-state index is 12.9. The number of carboxylic acids is 1. The molecule has 3 N–H and O–H groups in total. The number of aryl methyl sites for hydroxylation is 1. The second-order valence-electron chi connectivity index (χ2n) is 8.15. The van der Waals surface area contributed by atoms with Crippen LogP contribution in [0.4, 0.5) is 0 Å². The molecule has 168 valence electrons. The largest absolute Gasteiger partial charge is 0.481 e. The molecule has 0 aliphatic heterocycles. The van der Waals surface area contributed by atoms with E-state index < -0.39 is 5.97 Å². The molecule has 9 heteroatoms. The smallest absolute Gasteiger partial charge is 0.303 e. The number of nitrogens with one attached hydrogen (secondary N) is 2. The Morgan fingerprint density at radius 3 is 2.38 bits per heavy atom. The normalized spacial score (nSPS) is 18.4. The number of fused-ring (bicyclic) bond motifs is 1. The number of hydrogen-bond donors (Lipinski definition) is 3. The van der Waals surface area contributed by atoms with Crippen molar-refractivity contribution in [1.82, 2.24) is 20.4 Å². The average molecular weight is 455 g/mol. The summed E-state index contributed by atoms with van der Waals surface area (Å²) in [6.45, 7) is 1.95. The fourth-order valence-corrected chi connectivity index (χ4v) is 5.15. The fraction of sp³-hybridized carbons (Fsp3) is 0.391. The molecule has 1 fully saturated rings. The molecule has 2 heterocycles. The number of carboxylic acid groups (broad SMARTS) is 1. The Morgan fingerprint density at radius 2 is 1.72 bits per heavy atom. The first-order valence-corrected chi connectivity index (χ1v) is 11.6. The third-order valence-electron chi connectivity index (χ3n) is 5.76. The number of aliphatic carboxylic acids is 1. The van der Waals surface area contributed by atoms with Crippen LogP contribution in [0.15, 0.2) is 36.4 Å². The van der Waals surface area contributed by atoms with Gasteiger partial charge in [-0.1, -0.05) is 18.2 Å². The second kappa shape index (κ2) is 9.52. The van der Waals surface area contributed by atoms with Gasteiger partial charge in [-0.05, 0) is 50.8 Å². The van der Waals surface area contributed by atoms with Crippen molar-refractivity contribution in [3.05, 3.63) is 47.0 Å². The van der Waals surface area contributed by atoms with Crippen LogP contribution in [0, 0.1) is 6.92 Å². The fourth-order valence-electron chi connectivity index (χ4n) is 4.06. The van der Waals surface area contributed by atoms with Gasteiger partial charge in [-0.15, -0.1) is 11.3 Å². The van der Waals surface area contributed by atoms with Gasteiger partial charge in [-0.3, -0.25) is 14.4 Å². The van der Waals surface area contributed by atoms with Crippen LogP contribution < -0.4 is 10.6 Å². The minimum atomic E-state index is -0.973. The summed E-state index contributed by atoms with van der Waals surface area (Å²) < 4.78 is 1.88. The first-order valence-electron chi connectivity index (χ1n) is 10.8. The molecule has 4 rings (SSSR count). The van der Waals surface area contributed by atoms with Crippen molar-refractivity contribution in [1.29, 1.82) is 0 Å². The monoisotopic (exact) mass is 454 g/mol. The third kappa shape index (κ3) is 4.99. The zero-order valence-electron chi connectivity index (χ0n) is 17.8. The molecule has 2 amide bonds. The number of hydrogen-bond acceptors (Lipinski definition) is 5. The molecule has 1 saturated carbocycles. The van der Waals surface area contributed by atoms with Crippen LogP contribution >= 0.6 is 11.3 Å². The molecule has 8 nitrogen and oxygen atoms in total.